The van der Waals surface area contributed by atoms with Crippen LogP contribution in [0.2, 0.25) is 0 Å². The molecule has 0 radical (unpaired) electrons. The summed E-state index contributed by atoms with van der Waals surface area (Å²) in [5, 5.41) is 0. The van der Waals surface area contributed by atoms with Gasteiger partial charge in [0.25, 0.3) is 0 Å². The van der Waals surface area contributed by atoms with E-state index in [-0.39, 0.29) is 29.4 Å². The van der Waals surface area contributed by atoms with E-state index in [0.29, 0.717) is 22.6 Å². The van der Waals surface area contributed by atoms with Gasteiger partial charge in [-0.2, -0.15) is 4.39 Å². The molecule has 0 aliphatic heterocycles. The molecule has 0 heterocycles. The summed E-state index contributed by atoms with van der Waals surface area (Å²) in [4.78, 5) is 0. The van der Waals surface area contributed by atoms with Gasteiger partial charge in [0.05, 0.1) is 6.61 Å². The normalized spacial score (nSPS) is 17.5. The lowest BCUT2D eigenvalue weighted by molar-refractivity contribution is 0.297. The predicted molar refractivity (Wildman–Crippen MR) is 146 cm³/mol. The second kappa shape index (κ2) is 13.3. The van der Waals surface area contributed by atoms with Crippen LogP contribution in [0.1, 0.15) is 89.5 Å². The van der Waals surface area contributed by atoms with Gasteiger partial charge in [-0.15, -0.1) is 0 Å². The lowest BCUT2D eigenvalue weighted by atomic mass is 9.76. The van der Waals surface area contributed by atoms with E-state index in [1.165, 1.54) is 50.7 Å². The summed E-state index contributed by atoms with van der Waals surface area (Å²) >= 11 is 0. The molecule has 3 aromatic carbocycles. The summed E-state index contributed by atoms with van der Waals surface area (Å²) in [6, 6.07) is 12.6. The molecule has 0 bridgehead atoms. The van der Waals surface area contributed by atoms with Crippen LogP contribution in [0.5, 0.6) is 5.75 Å². The first-order chi connectivity index (χ1) is 18.4. The average Bonchev–Trinajstić information content (AvgIpc) is 2.93. The highest BCUT2D eigenvalue weighted by molar-refractivity contribution is 5.71. The van der Waals surface area contributed by atoms with E-state index in [9.17, 15) is 8.78 Å². The molecule has 1 aliphatic carbocycles. The Hall–Kier alpha value is -2.82. The van der Waals surface area contributed by atoms with Crippen LogP contribution in [0.3, 0.4) is 0 Å². The van der Waals surface area contributed by atoms with Crippen LogP contribution in [0.25, 0.3) is 22.3 Å². The average molecular weight is 527 g/mol. The predicted octanol–water partition coefficient (Wildman–Crippen LogP) is 10.6. The molecule has 1 aliphatic rings. The van der Waals surface area contributed by atoms with Crippen molar-refractivity contribution < 1.29 is 22.3 Å². The molecule has 0 spiro atoms. The maximum absolute atomic E-state index is 15.2. The fourth-order valence-electron chi connectivity index (χ4n) is 5.75. The standard InChI is InChI=1S/C33H38F4O/c1-3-5-6-7-8-9-22-10-12-23(13-11-22)26-18-19-27(31(35)30(26)34)24-14-16-25(17-15-24)28-20-21-29(38-4-2)33(37)32(28)36/h14-23H,3-13H2,1-2H3. The minimum atomic E-state index is -1.04. The third-order valence-electron chi connectivity index (χ3n) is 7.97. The number of ether oxygens (including phenoxy) is 1. The van der Waals surface area contributed by atoms with Gasteiger partial charge < -0.3 is 4.74 Å². The van der Waals surface area contributed by atoms with Gasteiger partial charge in [-0.1, -0.05) is 81.8 Å². The number of rotatable bonds is 11. The van der Waals surface area contributed by atoms with Gasteiger partial charge in [-0.3, -0.25) is 0 Å². The molecule has 1 fully saturated rings. The van der Waals surface area contributed by atoms with Crippen molar-refractivity contribution in [3.63, 3.8) is 0 Å². The van der Waals surface area contributed by atoms with Crippen molar-refractivity contribution in [2.24, 2.45) is 5.92 Å². The van der Waals surface area contributed by atoms with Crippen molar-refractivity contribution in [2.45, 2.75) is 84.0 Å². The van der Waals surface area contributed by atoms with Crippen molar-refractivity contribution in [1.82, 2.24) is 0 Å². The molecule has 4 rings (SSSR count). The largest absolute Gasteiger partial charge is 0.491 e. The molecule has 5 heteroatoms. The minimum absolute atomic E-state index is 0.0507. The monoisotopic (exact) mass is 526 g/mol. The number of hydrogen-bond donors (Lipinski definition) is 0. The molecular formula is C33H38F4O. The highest BCUT2D eigenvalue weighted by atomic mass is 19.2. The number of hydrogen-bond acceptors (Lipinski definition) is 1. The van der Waals surface area contributed by atoms with Crippen LogP contribution in [0.4, 0.5) is 17.6 Å². The zero-order chi connectivity index (χ0) is 27.1. The molecule has 0 unspecified atom stereocenters. The fraction of sp³-hybridized carbons (Fsp3) is 0.455. The van der Waals surface area contributed by atoms with Gasteiger partial charge in [0.2, 0.25) is 5.82 Å². The molecule has 1 saturated carbocycles. The highest BCUT2D eigenvalue weighted by Crippen LogP contribution is 2.40. The van der Waals surface area contributed by atoms with Gasteiger partial charge in [-0.05, 0) is 73.3 Å². The Morgan fingerprint density at radius 1 is 0.632 bits per heavy atom. The third-order valence-corrected chi connectivity index (χ3v) is 7.97. The fourth-order valence-corrected chi connectivity index (χ4v) is 5.75. The lowest BCUT2D eigenvalue weighted by Crippen LogP contribution is -2.15. The van der Waals surface area contributed by atoms with Crippen molar-refractivity contribution in [2.75, 3.05) is 6.61 Å². The molecule has 204 valence electrons. The quantitative estimate of drug-likeness (QED) is 0.178. The molecule has 0 aromatic heterocycles. The van der Waals surface area contributed by atoms with Crippen molar-refractivity contribution >= 4 is 0 Å². The number of halogens is 4. The molecule has 0 saturated heterocycles. The van der Waals surface area contributed by atoms with E-state index < -0.39 is 23.3 Å². The first-order valence-electron chi connectivity index (χ1n) is 14.1. The summed E-state index contributed by atoms with van der Waals surface area (Å²) < 4.78 is 64.4. The SMILES string of the molecule is CCCCCCCC1CCC(c2ccc(-c3ccc(-c4ccc(OCC)c(F)c4F)cc3)c(F)c2F)CC1. The first-order valence-corrected chi connectivity index (χ1v) is 14.1. The zero-order valence-electron chi connectivity index (χ0n) is 22.5. The van der Waals surface area contributed by atoms with E-state index >= 15 is 8.78 Å². The second-order valence-electron chi connectivity index (χ2n) is 10.5. The lowest BCUT2D eigenvalue weighted by Gasteiger charge is -2.29. The van der Waals surface area contributed by atoms with Crippen LogP contribution in [0.15, 0.2) is 48.5 Å². The van der Waals surface area contributed by atoms with E-state index in [2.05, 4.69) is 6.92 Å². The van der Waals surface area contributed by atoms with Crippen molar-refractivity contribution in [1.29, 1.82) is 0 Å². The van der Waals surface area contributed by atoms with Gasteiger partial charge in [0, 0.05) is 11.1 Å². The van der Waals surface area contributed by atoms with Gasteiger partial charge in [0.1, 0.15) is 0 Å². The van der Waals surface area contributed by atoms with Crippen LogP contribution in [-0.2, 0) is 0 Å². The minimum Gasteiger partial charge on any atom is -0.491 e. The Kier molecular flexibility index (Phi) is 9.87. The Morgan fingerprint density at radius 2 is 1.21 bits per heavy atom. The Balaban J connectivity index is 1.43. The summed E-state index contributed by atoms with van der Waals surface area (Å²) in [6.07, 6.45) is 11.6. The molecule has 38 heavy (non-hydrogen) atoms. The highest BCUT2D eigenvalue weighted by Gasteiger charge is 2.26. The Morgan fingerprint density at radius 3 is 1.82 bits per heavy atom. The smallest absolute Gasteiger partial charge is 0.201 e. The number of unbranched alkanes of at least 4 members (excludes halogenated alkanes) is 4. The molecule has 3 aromatic rings. The summed E-state index contributed by atoms with van der Waals surface area (Å²) in [7, 11) is 0. The van der Waals surface area contributed by atoms with Gasteiger partial charge in [0.15, 0.2) is 23.2 Å². The van der Waals surface area contributed by atoms with E-state index in [1.807, 2.05) is 0 Å². The van der Waals surface area contributed by atoms with Crippen LogP contribution < -0.4 is 4.74 Å². The summed E-state index contributed by atoms with van der Waals surface area (Å²) in [6.45, 7) is 4.15. The second-order valence-corrected chi connectivity index (χ2v) is 10.5. The van der Waals surface area contributed by atoms with E-state index in [4.69, 9.17) is 4.74 Å². The van der Waals surface area contributed by atoms with Gasteiger partial charge >= 0.3 is 0 Å². The molecule has 0 amide bonds. The van der Waals surface area contributed by atoms with E-state index in [0.717, 1.165) is 25.7 Å². The third kappa shape index (κ3) is 6.42. The topological polar surface area (TPSA) is 9.23 Å². The molecule has 0 N–H and O–H groups in total. The number of benzene rings is 3. The zero-order valence-corrected chi connectivity index (χ0v) is 22.5. The summed E-state index contributed by atoms with van der Waals surface area (Å²) in [5.41, 5.74) is 1.63. The maximum atomic E-state index is 15.2. The molecular weight excluding hydrogens is 488 g/mol. The van der Waals surface area contributed by atoms with E-state index in [1.54, 1.807) is 43.3 Å². The van der Waals surface area contributed by atoms with Gasteiger partial charge in [-0.25, -0.2) is 13.2 Å². The van der Waals surface area contributed by atoms with Crippen LogP contribution >= 0.6 is 0 Å². The van der Waals surface area contributed by atoms with Crippen LogP contribution in [-0.4, -0.2) is 6.61 Å². The Bertz CT molecular complexity index is 1200. The Labute approximate surface area is 224 Å². The molecule has 1 nitrogen and oxygen atoms in total. The summed E-state index contributed by atoms with van der Waals surface area (Å²) in [5.74, 6) is -3.06. The first kappa shape index (κ1) is 28.2. The van der Waals surface area contributed by atoms with Crippen molar-refractivity contribution in [3.8, 4) is 28.0 Å². The van der Waals surface area contributed by atoms with Crippen LogP contribution in [0, 0.1) is 29.2 Å². The molecule has 0 atom stereocenters. The van der Waals surface area contributed by atoms with Crippen molar-refractivity contribution in [3.05, 3.63) is 77.4 Å². The maximum Gasteiger partial charge on any atom is 0.201 e.